The number of thioether (sulfide) groups is 4. The fourth-order valence-electron chi connectivity index (χ4n) is 3.51. The van der Waals surface area contributed by atoms with Crippen LogP contribution in [0.25, 0.3) is 0 Å². The van der Waals surface area contributed by atoms with E-state index >= 15 is 0 Å². The Balaban J connectivity index is 2.21. The lowest BCUT2D eigenvalue weighted by atomic mass is 9.99. The highest BCUT2D eigenvalue weighted by atomic mass is 32.2. The Bertz CT molecular complexity index is 703. The van der Waals surface area contributed by atoms with Crippen LogP contribution in [0.2, 0.25) is 0 Å². The van der Waals surface area contributed by atoms with Crippen LogP contribution in [0.4, 0.5) is 0 Å². The van der Waals surface area contributed by atoms with Crippen LogP contribution in [0.15, 0.2) is 19.6 Å². The van der Waals surface area contributed by atoms with Gasteiger partial charge in [0.1, 0.15) is 0 Å². The number of benzene rings is 1. The van der Waals surface area contributed by atoms with Crippen molar-refractivity contribution < 1.29 is 9.59 Å². The van der Waals surface area contributed by atoms with Crippen LogP contribution >= 0.6 is 47.0 Å². The summed E-state index contributed by atoms with van der Waals surface area (Å²) in [6, 6.07) is 0. The third-order valence-corrected chi connectivity index (χ3v) is 10.5. The molecule has 3 rings (SSSR count). The zero-order valence-corrected chi connectivity index (χ0v) is 21.0. The Labute approximate surface area is 186 Å². The maximum absolute atomic E-state index is 13.3. The highest BCUT2D eigenvalue weighted by Gasteiger charge is 2.44. The van der Waals surface area contributed by atoms with Crippen LogP contribution in [0.3, 0.4) is 0 Å². The van der Waals surface area contributed by atoms with E-state index in [1.54, 1.807) is 47.0 Å². The van der Waals surface area contributed by atoms with E-state index in [0.717, 1.165) is 56.4 Å². The third-order valence-electron chi connectivity index (χ3n) is 4.78. The molecule has 0 unspecified atom stereocenters. The zero-order chi connectivity index (χ0) is 20.7. The first kappa shape index (κ1) is 22.6. The van der Waals surface area contributed by atoms with Gasteiger partial charge in [-0.15, -0.1) is 47.0 Å². The summed E-state index contributed by atoms with van der Waals surface area (Å²) in [5.41, 5.74) is 1.80. The van der Waals surface area contributed by atoms with Gasteiger partial charge in [-0.25, -0.2) is 0 Å². The number of ketones is 2. The predicted octanol–water partition coefficient (Wildman–Crippen LogP) is 8.30. The number of fused-ring (bicyclic) bond motifs is 2. The normalized spacial score (nSPS) is 18.8. The Morgan fingerprint density at radius 3 is 1.18 bits per heavy atom. The van der Waals surface area contributed by atoms with Crippen molar-refractivity contribution in [3.05, 3.63) is 11.1 Å². The van der Waals surface area contributed by atoms with Crippen molar-refractivity contribution in [1.29, 1.82) is 0 Å². The van der Waals surface area contributed by atoms with E-state index in [1.165, 1.54) is 0 Å². The monoisotopic (exact) mass is 454 g/mol. The van der Waals surface area contributed by atoms with Gasteiger partial charge in [0, 0.05) is 43.6 Å². The van der Waals surface area contributed by atoms with E-state index in [-0.39, 0.29) is 19.7 Å². The van der Waals surface area contributed by atoms with Crippen LogP contribution in [0, 0.1) is 0 Å². The van der Waals surface area contributed by atoms with Crippen molar-refractivity contribution in [2.45, 2.75) is 108 Å². The summed E-state index contributed by atoms with van der Waals surface area (Å²) in [7, 11) is 0. The first-order valence-electron chi connectivity index (χ1n) is 10.2. The fourth-order valence-corrected chi connectivity index (χ4v) is 9.49. The summed E-state index contributed by atoms with van der Waals surface area (Å²) >= 11 is 7.08. The van der Waals surface area contributed by atoms with E-state index in [1.807, 2.05) is 0 Å². The summed E-state index contributed by atoms with van der Waals surface area (Å²) < 4.78 is -0.107. The summed E-state index contributed by atoms with van der Waals surface area (Å²) in [6.07, 6.45) is 5.06. The molecular weight excluding hydrogens is 425 g/mol. The second-order valence-corrected chi connectivity index (χ2v) is 15.4. The molecule has 0 radical (unpaired) electrons. The van der Waals surface area contributed by atoms with Crippen molar-refractivity contribution in [3.8, 4) is 0 Å². The largest absolute Gasteiger partial charge is 0.294 e. The summed E-state index contributed by atoms with van der Waals surface area (Å²) in [5.74, 6) is 0.497. The second kappa shape index (κ2) is 8.60. The van der Waals surface area contributed by atoms with Gasteiger partial charge in [0.15, 0.2) is 11.6 Å². The number of carbonyl (C=O) groups excluding carboxylic acids is 2. The molecule has 2 nitrogen and oxygen atoms in total. The molecule has 2 heterocycles. The lowest BCUT2D eigenvalue weighted by molar-refractivity contribution is 0.0957. The van der Waals surface area contributed by atoms with E-state index in [9.17, 15) is 9.59 Å². The highest BCUT2D eigenvalue weighted by molar-refractivity contribution is 8.21. The van der Waals surface area contributed by atoms with Crippen molar-refractivity contribution in [2.75, 3.05) is 0 Å². The van der Waals surface area contributed by atoms with Crippen LogP contribution in [0.1, 0.15) is 101 Å². The number of carbonyl (C=O) groups is 2. The third kappa shape index (κ3) is 4.50. The molecule has 6 heteroatoms. The predicted molar refractivity (Wildman–Crippen MR) is 126 cm³/mol. The van der Waals surface area contributed by atoms with Gasteiger partial charge >= 0.3 is 0 Å². The van der Waals surface area contributed by atoms with Crippen LogP contribution in [-0.4, -0.2) is 19.7 Å². The molecule has 0 saturated carbocycles. The highest BCUT2D eigenvalue weighted by Crippen LogP contribution is 2.66. The average Bonchev–Trinajstić information content (AvgIpc) is 3.08. The number of hydrogen-bond donors (Lipinski definition) is 0. The van der Waals surface area contributed by atoms with Gasteiger partial charge in [-0.2, -0.15) is 0 Å². The van der Waals surface area contributed by atoms with Crippen LogP contribution < -0.4 is 0 Å². The molecular formula is C22H30O2S4. The van der Waals surface area contributed by atoms with Gasteiger partial charge in [0.25, 0.3) is 0 Å². The van der Waals surface area contributed by atoms with Crippen LogP contribution in [0.5, 0.6) is 0 Å². The lowest BCUT2D eigenvalue weighted by Crippen LogP contribution is -2.09. The molecule has 2 aliphatic rings. The quantitative estimate of drug-likeness (QED) is 0.367. The number of Topliss-reactive ketones (excluding diaryl/α,β-unsaturated/α-hetero) is 2. The molecule has 0 atom stereocenters. The topological polar surface area (TPSA) is 34.1 Å². The van der Waals surface area contributed by atoms with Crippen molar-refractivity contribution in [1.82, 2.24) is 0 Å². The van der Waals surface area contributed by atoms with E-state index in [0.29, 0.717) is 12.8 Å². The molecule has 0 aromatic heterocycles. The summed E-state index contributed by atoms with van der Waals surface area (Å²) in [6.45, 7) is 13.0. The minimum Gasteiger partial charge on any atom is -0.294 e. The molecule has 0 N–H and O–H groups in total. The van der Waals surface area contributed by atoms with Gasteiger partial charge in [0.05, 0.1) is 8.16 Å². The zero-order valence-electron chi connectivity index (χ0n) is 17.7. The Kier molecular flexibility index (Phi) is 6.96. The van der Waals surface area contributed by atoms with Crippen molar-refractivity contribution >= 4 is 58.6 Å². The average molecular weight is 455 g/mol. The maximum atomic E-state index is 13.3. The van der Waals surface area contributed by atoms with Crippen LogP contribution in [-0.2, 0) is 0 Å². The molecule has 1 aromatic carbocycles. The van der Waals surface area contributed by atoms with E-state index in [2.05, 4.69) is 41.5 Å². The smallest absolute Gasteiger partial charge is 0.165 e. The molecule has 154 valence electrons. The molecule has 28 heavy (non-hydrogen) atoms. The number of hydrogen-bond acceptors (Lipinski definition) is 6. The standard InChI is InChI=1S/C22H30O2S4/c1-7-9-11-13(23)15-17-19(27-21(3,4)25-17)16(14(24)12-10-8-2)20-18(15)26-22(5,6)28-20/h7-12H2,1-6H3. The molecule has 0 spiro atoms. The minimum absolute atomic E-state index is 0.0537. The Morgan fingerprint density at radius 2 is 0.929 bits per heavy atom. The maximum Gasteiger partial charge on any atom is 0.165 e. The van der Waals surface area contributed by atoms with Gasteiger partial charge in [-0.1, -0.05) is 26.7 Å². The molecule has 0 fully saturated rings. The number of unbranched alkanes of at least 4 members (excludes halogenated alkanes) is 2. The Hall–Kier alpha value is -0.0400. The summed E-state index contributed by atoms with van der Waals surface area (Å²) in [5, 5.41) is 0. The summed E-state index contributed by atoms with van der Waals surface area (Å²) in [4.78, 5) is 30.8. The van der Waals surface area contributed by atoms with Gasteiger partial charge < -0.3 is 0 Å². The molecule has 0 saturated heterocycles. The Morgan fingerprint density at radius 1 is 0.643 bits per heavy atom. The molecule has 1 aromatic rings. The van der Waals surface area contributed by atoms with Gasteiger partial charge in [-0.05, 0) is 40.5 Å². The molecule has 0 amide bonds. The van der Waals surface area contributed by atoms with E-state index in [4.69, 9.17) is 0 Å². The van der Waals surface area contributed by atoms with E-state index < -0.39 is 0 Å². The minimum atomic E-state index is -0.0537. The fraction of sp³-hybridized carbons (Fsp3) is 0.636. The first-order valence-corrected chi connectivity index (χ1v) is 13.4. The first-order chi connectivity index (χ1) is 13.1. The van der Waals surface area contributed by atoms with Gasteiger partial charge in [-0.3, -0.25) is 9.59 Å². The second-order valence-electron chi connectivity index (χ2n) is 8.33. The SMILES string of the molecule is CCCCC(=O)c1c2c(c(C(=O)CCCC)c3c1SC(C)(C)S3)SC(C)(C)S2. The molecule has 0 bridgehead atoms. The van der Waals surface area contributed by atoms with Crippen molar-refractivity contribution in [3.63, 3.8) is 0 Å². The number of rotatable bonds is 8. The molecule has 0 aliphatic carbocycles. The molecule has 2 aliphatic heterocycles. The van der Waals surface area contributed by atoms with Gasteiger partial charge in [0.2, 0.25) is 0 Å². The van der Waals surface area contributed by atoms with Crippen molar-refractivity contribution in [2.24, 2.45) is 0 Å². The lowest BCUT2D eigenvalue weighted by Gasteiger charge is -2.16.